The van der Waals surface area contributed by atoms with Crippen LogP contribution in [0.25, 0.3) is 0 Å². The van der Waals surface area contributed by atoms with Gasteiger partial charge in [0.25, 0.3) is 0 Å². The smallest absolute Gasteiger partial charge is 0.459 e. The van der Waals surface area contributed by atoms with Crippen LogP contribution in [0.1, 0.15) is 32.1 Å². The average Bonchev–Trinajstić information content (AvgIpc) is 2.16. The van der Waals surface area contributed by atoms with Gasteiger partial charge in [0.1, 0.15) is 6.10 Å². The van der Waals surface area contributed by atoms with Gasteiger partial charge in [0.15, 0.2) is 0 Å². The Bertz CT molecular complexity index is 213. The Hall–Kier alpha value is -0.733. The molecule has 0 aromatic heterocycles. The van der Waals surface area contributed by atoms with Crippen molar-refractivity contribution in [3.63, 3.8) is 0 Å². The van der Waals surface area contributed by atoms with Crippen molar-refractivity contribution in [1.29, 1.82) is 0 Å². The predicted octanol–water partition coefficient (Wildman–Crippen LogP) is -0.560. The minimum absolute atomic E-state index is 0.161. The number of esters is 1. The predicted molar refractivity (Wildman–Crippen MR) is 57.8 cm³/mol. The summed E-state index contributed by atoms with van der Waals surface area (Å²) < 4.78 is 5.08. The fourth-order valence-corrected chi connectivity index (χ4v) is 1.40. The van der Waals surface area contributed by atoms with Crippen molar-refractivity contribution >= 4 is 15.0 Å². The van der Waals surface area contributed by atoms with E-state index >= 15 is 0 Å². The molecule has 1 rings (SSSR count). The monoisotopic (exact) mass is 250 g/mol. The quantitative estimate of drug-likeness (QED) is 0.297. The van der Waals surface area contributed by atoms with E-state index in [9.17, 15) is 4.79 Å². The summed E-state index contributed by atoms with van der Waals surface area (Å²) in [5, 5.41) is 0. The molecule has 0 spiro atoms. The van der Waals surface area contributed by atoms with E-state index in [1.54, 1.807) is 0 Å². The number of hydrogen-bond donors (Lipinski definition) is 4. The summed E-state index contributed by atoms with van der Waals surface area (Å²) in [5.41, 5.74) is 0. The van der Waals surface area contributed by atoms with Gasteiger partial charge in [0.05, 0.1) is 0 Å². The van der Waals surface area contributed by atoms with Crippen molar-refractivity contribution in [3.8, 4) is 0 Å². The molecule has 4 N–H and O–H groups in total. The second-order valence-electron chi connectivity index (χ2n) is 3.50. The Balaban J connectivity index is 0.000000385. The van der Waals surface area contributed by atoms with Crippen molar-refractivity contribution in [1.82, 2.24) is 0 Å². The van der Waals surface area contributed by atoms with Gasteiger partial charge in [-0.15, -0.1) is 0 Å². The van der Waals surface area contributed by atoms with Crippen LogP contribution in [0, 0.1) is 0 Å². The lowest BCUT2D eigenvalue weighted by atomic mass is 9.98. The third-order valence-electron chi connectivity index (χ3n) is 2.00. The SMILES string of the molecule is C=CC(=O)OC1CCCCC1.O[Si](O)(O)O. The standard InChI is InChI=1S/C9H14O2.H4O4Si/c1-2-9(10)11-8-6-4-3-5-7-8;1-5(2,3)4/h2,8H,1,3-7H2;1-4H. The zero-order chi connectivity index (χ0) is 12.6. The number of carbonyl (C=O) groups is 1. The molecule has 1 aliphatic rings. The molecule has 6 nitrogen and oxygen atoms in total. The Morgan fingerprint density at radius 2 is 1.62 bits per heavy atom. The summed E-state index contributed by atoms with van der Waals surface area (Å²) in [6.45, 7) is 3.35. The Morgan fingerprint density at radius 1 is 1.19 bits per heavy atom. The van der Waals surface area contributed by atoms with Crippen molar-refractivity contribution in [3.05, 3.63) is 12.7 Å². The van der Waals surface area contributed by atoms with Crippen molar-refractivity contribution in [2.24, 2.45) is 0 Å². The van der Waals surface area contributed by atoms with E-state index in [1.807, 2.05) is 0 Å². The van der Waals surface area contributed by atoms with Gasteiger partial charge in [0.2, 0.25) is 0 Å². The van der Waals surface area contributed by atoms with E-state index in [0.717, 1.165) is 12.8 Å². The lowest BCUT2D eigenvalue weighted by Gasteiger charge is -2.20. The van der Waals surface area contributed by atoms with Crippen LogP contribution >= 0.6 is 0 Å². The minimum Gasteiger partial charge on any atom is -0.459 e. The first-order chi connectivity index (χ1) is 7.33. The van der Waals surface area contributed by atoms with E-state index in [2.05, 4.69) is 6.58 Å². The molecular weight excluding hydrogens is 232 g/mol. The lowest BCUT2D eigenvalue weighted by Crippen LogP contribution is -2.33. The van der Waals surface area contributed by atoms with Crippen molar-refractivity contribution in [2.75, 3.05) is 0 Å². The van der Waals surface area contributed by atoms with Crippen LogP contribution in [-0.2, 0) is 9.53 Å². The van der Waals surface area contributed by atoms with Gasteiger partial charge in [-0.2, -0.15) is 0 Å². The molecule has 0 aromatic carbocycles. The lowest BCUT2D eigenvalue weighted by molar-refractivity contribution is -0.144. The molecule has 0 atom stereocenters. The maximum absolute atomic E-state index is 10.7. The van der Waals surface area contributed by atoms with E-state index in [4.69, 9.17) is 23.9 Å². The molecule has 0 heterocycles. The van der Waals surface area contributed by atoms with Crippen LogP contribution in [0.3, 0.4) is 0 Å². The zero-order valence-electron chi connectivity index (χ0n) is 9.00. The second kappa shape index (κ2) is 7.53. The van der Waals surface area contributed by atoms with Crippen LogP contribution < -0.4 is 0 Å². The van der Waals surface area contributed by atoms with Gasteiger partial charge in [0, 0.05) is 6.08 Å². The van der Waals surface area contributed by atoms with E-state index < -0.39 is 9.05 Å². The number of rotatable bonds is 2. The Kier molecular flexibility index (Phi) is 7.18. The molecule has 0 saturated heterocycles. The summed E-state index contributed by atoms with van der Waals surface area (Å²) in [6, 6.07) is 0. The third-order valence-corrected chi connectivity index (χ3v) is 2.00. The molecule has 1 aliphatic carbocycles. The summed E-state index contributed by atoms with van der Waals surface area (Å²) >= 11 is 0. The molecule has 0 aromatic rings. The summed E-state index contributed by atoms with van der Waals surface area (Å²) in [7, 11) is -4.61. The third kappa shape index (κ3) is 11.3. The maximum Gasteiger partial charge on any atom is 0.668 e. The number of carbonyl (C=O) groups excluding carboxylic acids is 1. The highest BCUT2D eigenvalue weighted by Crippen LogP contribution is 2.20. The van der Waals surface area contributed by atoms with Gasteiger partial charge < -0.3 is 23.9 Å². The largest absolute Gasteiger partial charge is 0.668 e. The van der Waals surface area contributed by atoms with Gasteiger partial charge in [-0.05, 0) is 25.7 Å². The van der Waals surface area contributed by atoms with Crippen LogP contribution in [-0.4, -0.2) is 40.3 Å². The fraction of sp³-hybridized carbons (Fsp3) is 0.667. The van der Waals surface area contributed by atoms with Crippen LogP contribution in [0.4, 0.5) is 0 Å². The Morgan fingerprint density at radius 3 is 2.00 bits per heavy atom. The first kappa shape index (κ1) is 15.3. The molecular formula is C9H18O6Si. The van der Waals surface area contributed by atoms with Crippen LogP contribution in [0.5, 0.6) is 0 Å². The molecule has 94 valence electrons. The fourth-order valence-electron chi connectivity index (χ4n) is 1.40. The van der Waals surface area contributed by atoms with Crippen molar-refractivity contribution < 1.29 is 28.7 Å². The number of hydrogen-bond acceptors (Lipinski definition) is 6. The highest BCUT2D eigenvalue weighted by atomic mass is 28.4. The molecule has 16 heavy (non-hydrogen) atoms. The Labute approximate surface area is 95.3 Å². The molecule has 0 amide bonds. The first-order valence-electron chi connectivity index (χ1n) is 5.05. The summed E-state index contributed by atoms with van der Waals surface area (Å²) in [5.74, 6) is -0.281. The van der Waals surface area contributed by atoms with Crippen LogP contribution in [0.15, 0.2) is 12.7 Å². The summed E-state index contributed by atoms with van der Waals surface area (Å²) in [4.78, 5) is 40.0. The van der Waals surface area contributed by atoms with E-state index in [1.165, 1.54) is 25.3 Å². The van der Waals surface area contributed by atoms with Gasteiger partial charge in [-0.1, -0.05) is 13.0 Å². The normalized spacial score (nSPS) is 17.0. The highest BCUT2D eigenvalue weighted by Gasteiger charge is 2.22. The number of ether oxygens (including phenoxy) is 1. The van der Waals surface area contributed by atoms with Crippen molar-refractivity contribution in [2.45, 2.75) is 38.2 Å². The van der Waals surface area contributed by atoms with E-state index in [-0.39, 0.29) is 12.1 Å². The van der Waals surface area contributed by atoms with Gasteiger partial charge in [-0.3, -0.25) is 0 Å². The molecule has 1 saturated carbocycles. The molecule has 0 aliphatic heterocycles. The average molecular weight is 250 g/mol. The molecule has 0 bridgehead atoms. The van der Waals surface area contributed by atoms with Gasteiger partial charge >= 0.3 is 15.0 Å². The zero-order valence-corrected chi connectivity index (χ0v) is 10.0. The van der Waals surface area contributed by atoms with Gasteiger partial charge in [-0.25, -0.2) is 4.79 Å². The minimum atomic E-state index is -4.61. The molecule has 0 unspecified atom stereocenters. The first-order valence-corrected chi connectivity index (χ1v) is 6.84. The molecule has 1 fully saturated rings. The molecule has 7 heteroatoms. The molecule has 0 radical (unpaired) electrons. The topological polar surface area (TPSA) is 107 Å². The van der Waals surface area contributed by atoms with E-state index in [0.29, 0.717) is 0 Å². The summed E-state index contributed by atoms with van der Waals surface area (Å²) in [6.07, 6.45) is 7.11. The maximum atomic E-state index is 10.7. The second-order valence-corrected chi connectivity index (χ2v) is 4.70. The highest BCUT2D eigenvalue weighted by molar-refractivity contribution is 6.46. The van der Waals surface area contributed by atoms with Crippen LogP contribution in [0.2, 0.25) is 0 Å².